The van der Waals surface area contributed by atoms with Crippen molar-refractivity contribution in [1.82, 2.24) is 0 Å². The number of carbonyl (C=O) groups excluding carboxylic acids is 2. The second-order valence-electron chi connectivity index (χ2n) is 2.65. The van der Waals surface area contributed by atoms with Crippen LogP contribution in [0, 0.1) is 5.41 Å². The van der Waals surface area contributed by atoms with Gasteiger partial charge in [-0.15, -0.1) is 6.58 Å². The van der Waals surface area contributed by atoms with Crippen LogP contribution in [0.25, 0.3) is 0 Å². The molecule has 11 heavy (non-hydrogen) atoms. The lowest BCUT2D eigenvalue weighted by molar-refractivity contribution is -0.147. The lowest BCUT2D eigenvalue weighted by Crippen LogP contribution is -2.27. The first-order valence-corrected chi connectivity index (χ1v) is 3.49. The zero-order valence-electron chi connectivity index (χ0n) is 6.21. The highest BCUT2D eigenvalue weighted by atomic mass is 16.5. The topological polar surface area (TPSA) is 43.4 Å². The summed E-state index contributed by atoms with van der Waals surface area (Å²) >= 11 is 0. The third-order valence-corrected chi connectivity index (χ3v) is 1.92. The van der Waals surface area contributed by atoms with Gasteiger partial charge in [0.25, 0.3) is 0 Å². The van der Waals surface area contributed by atoms with Gasteiger partial charge >= 0.3 is 5.97 Å². The van der Waals surface area contributed by atoms with Crippen molar-refractivity contribution in [1.29, 1.82) is 0 Å². The van der Waals surface area contributed by atoms with Crippen molar-refractivity contribution in [3.63, 3.8) is 0 Å². The van der Waals surface area contributed by atoms with Gasteiger partial charge in [-0.3, -0.25) is 4.79 Å². The van der Waals surface area contributed by atoms with E-state index in [0.29, 0.717) is 25.7 Å². The predicted molar refractivity (Wildman–Crippen MR) is 38.9 cm³/mol. The van der Waals surface area contributed by atoms with Crippen LogP contribution in [0.3, 0.4) is 0 Å². The fraction of sp³-hybridized carbons (Fsp3) is 0.500. The number of cyclic esters (lactones) is 1. The van der Waals surface area contributed by atoms with Crippen LogP contribution in [0.4, 0.5) is 0 Å². The Morgan fingerprint density at radius 1 is 1.73 bits per heavy atom. The maximum atomic E-state index is 11.0. The Labute approximate surface area is 65.0 Å². The number of esters is 1. The summed E-state index contributed by atoms with van der Waals surface area (Å²) in [6.45, 7) is 3.84. The van der Waals surface area contributed by atoms with E-state index in [0.717, 1.165) is 0 Å². The van der Waals surface area contributed by atoms with E-state index in [9.17, 15) is 9.59 Å². The van der Waals surface area contributed by atoms with Gasteiger partial charge in [0.15, 0.2) is 0 Å². The first-order chi connectivity index (χ1) is 5.25. The normalized spacial score (nSPS) is 29.6. The third kappa shape index (κ3) is 1.18. The smallest absolute Gasteiger partial charge is 0.319 e. The lowest BCUT2D eigenvalue weighted by atomic mass is 9.85. The van der Waals surface area contributed by atoms with Crippen molar-refractivity contribution < 1.29 is 14.3 Å². The molecule has 60 valence electrons. The van der Waals surface area contributed by atoms with Crippen LogP contribution in [-0.2, 0) is 14.3 Å². The van der Waals surface area contributed by atoms with Crippen molar-refractivity contribution in [3.05, 3.63) is 12.7 Å². The summed E-state index contributed by atoms with van der Waals surface area (Å²) in [6, 6.07) is 0. The molecule has 3 nitrogen and oxygen atoms in total. The second kappa shape index (κ2) is 2.86. The van der Waals surface area contributed by atoms with Gasteiger partial charge in [0, 0.05) is 6.42 Å². The molecule has 1 saturated heterocycles. The van der Waals surface area contributed by atoms with Gasteiger partial charge in [0.2, 0.25) is 0 Å². The first kappa shape index (κ1) is 7.98. The van der Waals surface area contributed by atoms with Gasteiger partial charge in [-0.05, 0) is 6.42 Å². The van der Waals surface area contributed by atoms with E-state index in [4.69, 9.17) is 4.74 Å². The van der Waals surface area contributed by atoms with Gasteiger partial charge in [-0.2, -0.15) is 0 Å². The summed E-state index contributed by atoms with van der Waals surface area (Å²) in [5.41, 5.74) is -0.915. The minimum absolute atomic E-state index is 0.353. The van der Waals surface area contributed by atoms with E-state index < -0.39 is 11.4 Å². The predicted octanol–water partition coefficient (Wildman–Crippen LogP) is 0.695. The molecule has 1 heterocycles. The molecule has 1 aliphatic rings. The van der Waals surface area contributed by atoms with Gasteiger partial charge in [-0.1, -0.05) is 6.08 Å². The maximum absolute atomic E-state index is 11.0. The minimum atomic E-state index is -0.915. The van der Waals surface area contributed by atoms with Gasteiger partial charge in [0.1, 0.15) is 11.7 Å². The number of allylic oxidation sites excluding steroid dienone is 1. The Morgan fingerprint density at radius 2 is 2.45 bits per heavy atom. The Balaban J connectivity index is 2.80. The van der Waals surface area contributed by atoms with Crippen LogP contribution in [0.2, 0.25) is 0 Å². The SMILES string of the molecule is C=CC[C@]1(C=O)CCOC1=O. The highest BCUT2D eigenvalue weighted by Crippen LogP contribution is 2.31. The summed E-state index contributed by atoms with van der Waals surface area (Å²) in [7, 11) is 0. The van der Waals surface area contributed by atoms with E-state index in [1.165, 1.54) is 0 Å². The van der Waals surface area contributed by atoms with Crippen LogP contribution >= 0.6 is 0 Å². The average Bonchev–Trinajstić information content (AvgIpc) is 2.35. The molecule has 0 bridgehead atoms. The molecule has 3 heteroatoms. The van der Waals surface area contributed by atoms with Crippen molar-refractivity contribution >= 4 is 12.3 Å². The highest BCUT2D eigenvalue weighted by Gasteiger charge is 2.43. The molecular formula is C8H10O3. The number of rotatable bonds is 3. The molecule has 0 aromatic heterocycles. The Morgan fingerprint density at radius 3 is 2.82 bits per heavy atom. The van der Waals surface area contributed by atoms with Crippen LogP contribution in [0.15, 0.2) is 12.7 Å². The molecule has 0 unspecified atom stereocenters. The number of carbonyl (C=O) groups is 2. The number of aldehydes is 1. The molecule has 0 N–H and O–H groups in total. The molecule has 0 aliphatic carbocycles. The first-order valence-electron chi connectivity index (χ1n) is 3.49. The molecular weight excluding hydrogens is 144 g/mol. The van der Waals surface area contributed by atoms with Crippen molar-refractivity contribution in [2.75, 3.05) is 6.61 Å². The molecule has 0 amide bonds. The molecule has 0 aromatic carbocycles. The zero-order chi connectivity index (χ0) is 8.32. The second-order valence-corrected chi connectivity index (χ2v) is 2.65. The summed E-state index contributed by atoms with van der Waals surface area (Å²) in [6.07, 6.45) is 3.11. The van der Waals surface area contributed by atoms with E-state index in [1.54, 1.807) is 6.08 Å². The van der Waals surface area contributed by atoms with Crippen molar-refractivity contribution in [2.24, 2.45) is 5.41 Å². The molecule has 0 radical (unpaired) electrons. The van der Waals surface area contributed by atoms with Crippen molar-refractivity contribution in [3.8, 4) is 0 Å². The minimum Gasteiger partial charge on any atom is -0.465 e. The largest absolute Gasteiger partial charge is 0.465 e. The zero-order valence-corrected chi connectivity index (χ0v) is 6.21. The highest BCUT2D eigenvalue weighted by molar-refractivity contribution is 5.94. The van der Waals surface area contributed by atoms with Crippen LogP contribution in [-0.4, -0.2) is 18.9 Å². The standard InChI is InChI=1S/C8H10O3/c1-2-3-8(6-9)4-5-11-7(8)10/h2,6H,1,3-5H2/t8-/m1/s1. The van der Waals surface area contributed by atoms with E-state index in [2.05, 4.69) is 6.58 Å². The Bertz CT molecular complexity index is 198. The van der Waals surface area contributed by atoms with Crippen molar-refractivity contribution in [2.45, 2.75) is 12.8 Å². The molecule has 1 aliphatic heterocycles. The van der Waals surface area contributed by atoms with Crippen LogP contribution in [0.5, 0.6) is 0 Å². The molecule has 0 spiro atoms. The maximum Gasteiger partial charge on any atom is 0.319 e. The number of ether oxygens (including phenoxy) is 1. The van der Waals surface area contributed by atoms with Crippen LogP contribution in [0.1, 0.15) is 12.8 Å². The van der Waals surface area contributed by atoms with Gasteiger partial charge < -0.3 is 9.53 Å². The fourth-order valence-corrected chi connectivity index (χ4v) is 1.17. The third-order valence-electron chi connectivity index (χ3n) is 1.92. The number of hydrogen-bond donors (Lipinski definition) is 0. The quantitative estimate of drug-likeness (QED) is 0.260. The Kier molecular flexibility index (Phi) is 2.08. The summed E-state index contributed by atoms with van der Waals surface area (Å²) in [4.78, 5) is 21.6. The monoisotopic (exact) mass is 154 g/mol. The molecule has 0 saturated carbocycles. The molecule has 1 fully saturated rings. The molecule has 0 aromatic rings. The summed E-state index contributed by atoms with van der Waals surface area (Å²) in [5.74, 6) is -0.410. The van der Waals surface area contributed by atoms with E-state index in [-0.39, 0.29) is 0 Å². The average molecular weight is 154 g/mol. The summed E-state index contributed by atoms with van der Waals surface area (Å²) < 4.78 is 4.69. The van der Waals surface area contributed by atoms with Gasteiger partial charge in [-0.25, -0.2) is 0 Å². The van der Waals surface area contributed by atoms with Crippen LogP contribution < -0.4 is 0 Å². The van der Waals surface area contributed by atoms with E-state index >= 15 is 0 Å². The van der Waals surface area contributed by atoms with Gasteiger partial charge in [0.05, 0.1) is 6.61 Å². The summed E-state index contributed by atoms with van der Waals surface area (Å²) in [5, 5.41) is 0. The molecule has 1 rings (SSSR count). The van der Waals surface area contributed by atoms with E-state index in [1.807, 2.05) is 0 Å². The number of hydrogen-bond acceptors (Lipinski definition) is 3. The fourth-order valence-electron chi connectivity index (χ4n) is 1.17. The Hall–Kier alpha value is -1.12. The lowest BCUT2D eigenvalue weighted by Gasteiger charge is -2.13. The molecule has 1 atom stereocenters.